The molecule has 24 heavy (non-hydrogen) atoms. The first kappa shape index (κ1) is 16.3. The molecule has 0 radical (unpaired) electrons. The lowest BCUT2D eigenvalue weighted by atomic mass is 10.3. The van der Waals surface area contributed by atoms with Gasteiger partial charge < -0.3 is 20.2 Å². The van der Waals surface area contributed by atoms with Crippen LogP contribution in [0.25, 0.3) is 0 Å². The van der Waals surface area contributed by atoms with Gasteiger partial charge in [-0.15, -0.1) is 0 Å². The second-order valence-corrected chi connectivity index (χ2v) is 7.38. The Bertz CT molecular complexity index is 792. The minimum Gasteiger partial charge on any atom is -0.769 e. The average Bonchev–Trinajstić information content (AvgIpc) is 2.63. The van der Waals surface area contributed by atoms with Gasteiger partial charge in [0, 0.05) is 5.69 Å². The van der Waals surface area contributed by atoms with E-state index in [0.717, 1.165) is 0 Å². The van der Waals surface area contributed by atoms with E-state index in [1.165, 1.54) is 24.3 Å². The molecule has 0 aliphatic rings. The zero-order valence-corrected chi connectivity index (χ0v) is 13.5. The van der Waals surface area contributed by atoms with Crippen molar-refractivity contribution in [3.63, 3.8) is 0 Å². The molecule has 0 spiro atoms. The summed E-state index contributed by atoms with van der Waals surface area (Å²) in [7, 11) is -3.35. The van der Waals surface area contributed by atoms with Crippen molar-refractivity contribution in [1.82, 2.24) is 0 Å². The van der Waals surface area contributed by atoms with Crippen molar-refractivity contribution < 1.29 is 9.09 Å². The second kappa shape index (κ2) is 6.89. The zero-order chi connectivity index (χ0) is 17.0. The Morgan fingerprint density at radius 3 is 1.58 bits per heavy atom. The summed E-state index contributed by atoms with van der Waals surface area (Å²) in [4.78, 5) is 0. The molecule has 0 saturated heterocycles. The van der Waals surface area contributed by atoms with Gasteiger partial charge in [0.1, 0.15) is 5.75 Å². The number of rotatable bonds is 5. The van der Waals surface area contributed by atoms with Crippen LogP contribution >= 0.6 is 7.37 Å². The van der Waals surface area contributed by atoms with Gasteiger partial charge in [-0.1, -0.05) is 36.4 Å². The third-order valence-electron chi connectivity index (χ3n) is 3.47. The normalized spacial score (nSPS) is 11.1. The maximum absolute atomic E-state index is 13.6. The number of nitrogens with zero attached hydrogens (tertiary/aromatic N) is 1. The first-order valence-corrected chi connectivity index (χ1v) is 8.87. The summed E-state index contributed by atoms with van der Waals surface area (Å²) in [5.41, 5.74) is -0.0448. The quantitative estimate of drug-likeness (QED) is 0.522. The van der Waals surface area contributed by atoms with E-state index in [9.17, 15) is 15.0 Å². The molecule has 0 atom stereocenters. The summed E-state index contributed by atoms with van der Waals surface area (Å²) in [5, 5.41) is 22.1. The van der Waals surface area contributed by atoms with Crippen LogP contribution in [0.2, 0.25) is 0 Å². The van der Waals surface area contributed by atoms with Gasteiger partial charge in [0.15, 0.2) is 0 Å². The van der Waals surface area contributed by atoms with Crippen LogP contribution in [0.1, 0.15) is 0 Å². The van der Waals surface area contributed by atoms with Crippen LogP contribution < -0.4 is 20.4 Å². The molecule has 0 heterocycles. The number of hydrogen-bond acceptors (Lipinski definition) is 5. The number of anilines is 1. The van der Waals surface area contributed by atoms with Crippen LogP contribution in [-0.2, 0) is 4.57 Å². The van der Waals surface area contributed by atoms with Gasteiger partial charge >= 0.3 is 7.37 Å². The minimum absolute atomic E-state index is 0.0448. The molecule has 0 aromatic heterocycles. The Kier molecular flexibility index (Phi) is 4.67. The van der Waals surface area contributed by atoms with Crippen LogP contribution in [0.3, 0.4) is 0 Å². The predicted octanol–water partition coefficient (Wildman–Crippen LogP) is 3.80. The van der Waals surface area contributed by atoms with Gasteiger partial charge in [0.25, 0.3) is 0 Å². The molecule has 3 rings (SSSR count). The van der Waals surface area contributed by atoms with E-state index in [2.05, 4.69) is 0 Å². The summed E-state index contributed by atoms with van der Waals surface area (Å²) in [6.45, 7) is 0. The van der Waals surface area contributed by atoms with Crippen molar-refractivity contribution in [3.8, 4) is 5.75 Å². The van der Waals surface area contributed by atoms with Crippen LogP contribution in [0.15, 0.2) is 84.9 Å². The van der Waals surface area contributed by atoms with Gasteiger partial charge in [-0.2, -0.15) is 0 Å². The van der Waals surface area contributed by atoms with Crippen LogP contribution in [-0.4, -0.2) is 0 Å². The van der Waals surface area contributed by atoms with E-state index in [1.54, 1.807) is 48.5 Å². The summed E-state index contributed by atoms with van der Waals surface area (Å²) >= 11 is 0. The van der Waals surface area contributed by atoms with E-state index in [1.807, 2.05) is 12.1 Å². The van der Waals surface area contributed by atoms with Crippen LogP contribution in [0.4, 0.5) is 5.69 Å². The third-order valence-corrected chi connectivity index (χ3v) is 5.90. The minimum atomic E-state index is -3.35. The van der Waals surface area contributed by atoms with E-state index in [-0.39, 0.29) is 5.69 Å². The van der Waals surface area contributed by atoms with Crippen molar-refractivity contribution >= 4 is 23.7 Å². The van der Waals surface area contributed by atoms with Crippen molar-refractivity contribution in [1.29, 1.82) is 0 Å². The summed E-state index contributed by atoms with van der Waals surface area (Å²) in [6, 6.07) is 23.4. The lowest BCUT2D eigenvalue weighted by Gasteiger charge is -2.37. The highest BCUT2D eigenvalue weighted by Gasteiger charge is 2.29. The Morgan fingerprint density at radius 1 is 0.708 bits per heavy atom. The molecule has 0 bridgehead atoms. The predicted molar refractivity (Wildman–Crippen MR) is 96.0 cm³/mol. The molecule has 3 aromatic carbocycles. The van der Waals surface area contributed by atoms with E-state index >= 15 is 0 Å². The molecular weight excluding hydrogens is 325 g/mol. The molecule has 6 heteroatoms. The van der Waals surface area contributed by atoms with Crippen molar-refractivity contribution in [2.45, 2.75) is 0 Å². The Hall–Kier alpha value is -2.59. The Labute approximate surface area is 139 Å². The SMILES string of the molecule is O=P(Oc1ccc(N([O-])[O-])cc1)(c1ccccc1)c1ccccc1. The maximum Gasteiger partial charge on any atom is 0.306 e. The lowest BCUT2D eigenvalue weighted by Crippen LogP contribution is -2.20. The molecule has 5 nitrogen and oxygen atoms in total. The molecule has 122 valence electrons. The molecule has 0 unspecified atom stereocenters. The number of hydrogen-bond donors (Lipinski definition) is 0. The van der Waals surface area contributed by atoms with Crippen LogP contribution in [0, 0.1) is 10.4 Å². The third kappa shape index (κ3) is 3.34. The largest absolute Gasteiger partial charge is 0.769 e. The molecule has 0 aliphatic carbocycles. The van der Waals surface area contributed by atoms with Crippen molar-refractivity contribution in [2.75, 3.05) is 5.23 Å². The van der Waals surface area contributed by atoms with Crippen molar-refractivity contribution in [3.05, 3.63) is 95.3 Å². The standard InChI is InChI=1S/C18H14NO4P/c20-19(21)15-11-13-16(14-12-15)23-24(22,17-7-3-1-4-8-17)18-9-5-2-6-10-18/h1-14H/q-2. The molecule has 3 aromatic rings. The fourth-order valence-electron chi connectivity index (χ4n) is 2.28. The topological polar surface area (TPSA) is 75.7 Å². The highest BCUT2D eigenvalue weighted by Crippen LogP contribution is 2.45. The monoisotopic (exact) mass is 339 g/mol. The molecule has 0 amide bonds. The van der Waals surface area contributed by atoms with E-state index in [4.69, 9.17) is 4.52 Å². The van der Waals surface area contributed by atoms with Gasteiger partial charge in [0.05, 0.1) is 10.6 Å². The zero-order valence-electron chi connectivity index (χ0n) is 12.6. The molecule has 0 aliphatic heterocycles. The summed E-state index contributed by atoms with van der Waals surface area (Å²) in [5.74, 6) is 0.316. The molecule has 0 saturated carbocycles. The molecule has 0 fully saturated rings. The number of benzene rings is 3. The van der Waals surface area contributed by atoms with Crippen molar-refractivity contribution in [2.24, 2.45) is 0 Å². The van der Waals surface area contributed by atoms with Gasteiger partial charge in [-0.3, -0.25) is 4.57 Å². The Morgan fingerprint density at radius 2 is 1.17 bits per heavy atom. The smallest absolute Gasteiger partial charge is 0.306 e. The average molecular weight is 339 g/mol. The highest BCUT2D eigenvalue weighted by atomic mass is 31.2. The lowest BCUT2D eigenvalue weighted by molar-refractivity contribution is 0.503. The second-order valence-electron chi connectivity index (χ2n) is 5.06. The first-order chi connectivity index (χ1) is 11.6. The Balaban J connectivity index is 2.01. The van der Waals surface area contributed by atoms with Gasteiger partial charge in [-0.05, 0) is 48.5 Å². The first-order valence-electron chi connectivity index (χ1n) is 7.25. The van der Waals surface area contributed by atoms with E-state index < -0.39 is 12.6 Å². The summed E-state index contributed by atoms with van der Waals surface area (Å²) < 4.78 is 19.5. The van der Waals surface area contributed by atoms with Gasteiger partial charge in [-0.25, -0.2) is 0 Å². The van der Waals surface area contributed by atoms with Gasteiger partial charge in [0.2, 0.25) is 0 Å². The fourth-order valence-corrected chi connectivity index (χ4v) is 4.34. The van der Waals surface area contributed by atoms with Crippen LogP contribution in [0.5, 0.6) is 5.75 Å². The summed E-state index contributed by atoms with van der Waals surface area (Å²) in [6.07, 6.45) is 0. The molecular formula is C18H14NO4P-2. The highest BCUT2D eigenvalue weighted by molar-refractivity contribution is 7.74. The maximum atomic E-state index is 13.6. The fraction of sp³-hybridized carbons (Fsp3) is 0. The van der Waals surface area contributed by atoms with E-state index in [0.29, 0.717) is 16.4 Å². The molecule has 0 N–H and O–H groups in total.